The zero-order valence-electron chi connectivity index (χ0n) is 15.8. The molecule has 1 heterocycles. The van der Waals surface area contributed by atoms with Crippen molar-refractivity contribution in [2.24, 2.45) is 11.7 Å². The number of nitrogens with two attached hydrogens (primary N) is 1. The monoisotopic (exact) mass is 420 g/mol. The van der Waals surface area contributed by atoms with E-state index in [1.54, 1.807) is 30.3 Å². The van der Waals surface area contributed by atoms with Crippen LogP contribution in [0.5, 0.6) is 11.6 Å². The molecule has 0 saturated heterocycles. The van der Waals surface area contributed by atoms with Crippen molar-refractivity contribution < 1.29 is 27.5 Å². The number of carbonyl (C=O) groups is 2. The lowest BCUT2D eigenvalue weighted by molar-refractivity contribution is -0.108. The topological polar surface area (TPSA) is 132 Å². The molecule has 0 aliphatic heterocycles. The highest BCUT2D eigenvalue weighted by molar-refractivity contribution is 7.95. The van der Waals surface area contributed by atoms with Gasteiger partial charge >= 0.3 is 16.2 Å². The molecule has 0 radical (unpaired) electrons. The molecule has 2 atom stereocenters. The quantitative estimate of drug-likeness (QED) is 0.637. The summed E-state index contributed by atoms with van der Waals surface area (Å²) >= 11 is 0. The fraction of sp³-hybridized carbons (Fsp3) is 0.278. The minimum absolute atomic E-state index is 0.0317. The SMILES string of the molecule is COc1cc(OC)nc(N(C(N)=O)S(=O)(=O)N(c2ccccc2)C2CC2C=O)c1. The number of hydrogen-bond donors (Lipinski definition) is 1. The third-order valence-corrected chi connectivity index (χ3v) is 6.19. The predicted molar refractivity (Wildman–Crippen MR) is 105 cm³/mol. The van der Waals surface area contributed by atoms with Crippen LogP contribution in [-0.2, 0) is 15.0 Å². The van der Waals surface area contributed by atoms with E-state index in [9.17, 15) is 18.0 Å². The van der Waals surface area contributed by atoms with E-state index in [0.29, 0.717) is 22.7 Å². The Kier molecular flexibility index (Phi) is 5.59. The predicted octanol–water partition coefficient (Wildman–Crippen LogP) is 1.32. The Morgan fingerprint density at radius 2 is 1.90 bits per heavy atom. The van der Waals surface area contributed by atoms with Crippen LogP contribution >= 0.6 is 0 Å². The maximum atomic E-state index is 13.5. The zero-order chi connectivity index (χ0) is 21.2. The van der Waals surface area contributed by atoms with Crippen LogP contribution in [-0.4, -0.2) is 46.0 Å². The number of pyridine rings is 1. The van der Waals surface area contributed by atoms with Crippen molar-refractivity contribution in [1.29, 1.82) is 0 Å². The first-order chi connectivity index (χ1) is 13.8. The second-order valence-electron chi connectivity index (χ2n) is 6.25. The van der Waals surface area contributed by atoms with Gasteiger partial charge in [0, 0.05) is 18.1 Å². The normalized spacial score (nSPS) is 17.9. The van der Waals surface area contributed by atoms with Crippen LogP contribution in [0.15, 0.2) is 42.5 Å². The molecule has 1 saturated carbocycles. The summed E-state index contributed by atoms with van der Waals surface area (Å²) in [6.45, 7) is 0. The summed E-state index contributed by atoms with van der Waals surface area (Å²) in [7, 11) is -1.83. The lowest BCUT2D eigenvalue weighted by atomic mass is 10.3. The van der Waals surface area contributed by atoms with Gasteiger partial charge in [-0.05, 0) is 18.6 Å². The van der Waals surface area contributed by atoms with E-state index in [0.717, 1.165) is 4.31 Å². The first-order valence-electron chi connectivity index (χ1n) is 8.58. The Balaban J connectivity index is 2.14. The molecule has 2 aromatic rings. The molecule has 0 spiro atoms. The third kappa shape index (κ3) is 3.94. The molecule has 154 valence electrons. The number of rotatable bonds is 8. The van der Waals surface area contributed by atoms with Crippen molar-refractivity contribution in [2.45, 2.75) is 12.5 Å². The molecule has 29 heavy (non-hydrogen) atoms. The number of ether oxygens (including phenoxy) is 2. The van der Waals surface area contributed by atoms with Gasteiger partial charge in [-0.25, -0.2) is 9.10 Å². The van der Waals surface area contributed by atoms with Gasteiger partial charge in [-0.3, -0.25) is 0 Å². The van der Waals surface area contributed by atoms with Gasteiger partial charge < -0.3 is 20.0 Å². The van der Waals surface area contributed by atoms with Crippen LogP contribution < -0.4 is 23.8 Å². The number of para-hydroxylation sites is 1. The van der Waals surface area contributed by atoms with Crippen LogP contribution in [0.1, 0.15) is 6.42 Å². The number of aldehydes is 1. The minimum atomic E-state index is -4.54. The fourth-order valence-electron chi connectivity index (χ4n) is 2.91. The second kappa shape index (κ2) is 7.95. The van der Waals surface area contributed by atoms with Gasteiger partial charge in [0.1, 0.15) is 12.0 Å². The highest BCUT2D eigenvalue weighted by Gasteiger charge is 2.50. The van der Waals surface area contributed by atoms with Gasteiger partial charge in [0.05, 0.1) is 25.9 Å². The zero-order valence-corrected chi connectivity index (χ0v) is 16.6. The third-order valence-electron chi connectivity index (χ3n) is 4.39. The number of urea groups is 1. The van der Waals surface area contributed by atoms with Crippen LogP contribution in [0, 0.1) is 5.92 Å². The molecule has 10 nitrogen and oxygen atoms in total. The van der Waals surface area contributed by atoms with Gasteiger partial charge in [-0.1, -0.05) is 18.2 Å². The molecule has 1 aliphatic rings. The summed E-state index contributed by atoms with van der Waals surface area (Å²) in [5, 5.41) is 0. The average Bonchev–Trinajstić information content (AvgIpc) is 3.46. The molecule has 1 aliphatic carbocycles. The van der Waals surface area contributed by atoms with Crippen molar-refractivity contribution in [3.05, 3.63) is 42.5 Å². The Morgan fingerprint density at radius 3 is 2.41 bits per heavy atom. The second-order valence-corrected chi connectivity index (χ2v) is 7.91. The number of carbonyl (C=O) groups excluding carboxylic acids is 2. The van der Waals surface area contributed by atoms with Gasteiger partial charge in [0.15, 0.2) is 5.82 Å². The van der Waals surface area contributed by atoms with E-state index in [4.69, 9.17) is 15.2 Å². The lowest BCUT2D eigenvalue weighted by Gasteiger charge is -2.30. The molecule has 1 aromatic heterocycles. The standard InChI is InChI=1S/C18H20N4O6S/c1-27-14-9-16(20-17(10-14)28-2)22(18(19)24)29(25,26)21(15-8-12(15)11-23)13-6-4-3-5-7-13/h3-7,9-12,15H,8H2,1-2H3,(H2,19,24). The molecule has 2 unspecified atom stereocenters. The van der Waals surface area contributed by atoms with Crippen LogP contribution in [0.4, 0.5) is 16.3 Å². The molecular formula is C18H20N4O6S. The number of primary amides is 1. The summed E-state index contributed by atoms with van der Waals surface area (Å²) < 4.78 is 38.6. The van der Waals surface area contributed by atoms with Crippen molar-refractivity contribution >= 4 is 34.0 Å². The number of anilines is 2. The molecule has 2 amide bonds. The number of nitrogens with zero attached hydrogens (tertiary/aromatic N) is 3. The van der Waals surface area contributed by atoms with Crippen molar-refractivity contribution in [3.8, 4) is 11.6 Å². The summed E-state index contributed by atoms with van der Waals surface area (Å²) in [6, 6.07) is 8.93. The van der Waals surface area contributed by atoms with Crippen LogP contribution in [0.2, 0.25) is 0 Å². The van der Waals surface area contributed by atoms with Gasteiger partial charge in [-0.15, -0.1) is 0 Å². The number of amides is 2. The number of methoxy groups -OCH3 is 2. The van der Waals surface area contributed by atoms with Crippen molar-refractivity contribution in [3.63, 3.8) is 0 Å². The molecule has 1 aromatic carbocycles. The molecular weight excluding hydrogens is 400 g/mol. The fourth-order valence-corrected chi connectivity index (χ4v) is 4.62. The van der Waals surface area contributed by atoms with E-state index < -0.39 is 28.2 Å². The maximum Gasteiger partial charge on any atom is 0.336 e. The summed E-state index contributed by atoms with van der Waals surface area (Å²) in [6.07, 6.45) is 1.02. The summed E-state index contributed by atoms with van der Waals surface area (Å²) in [5.41, 5.74) is 5.73. The largest absolute Gasteiger partial charge is 0.496 e. The first-order valence-corrected chi connectivity index (χ1v) is 9.97. The van der Waals surface area contributed by atoms with Gasteiger partial charge in [-0.2, -0.15) is 17.7 Å². The van der Waals surface area contributed by atoms with E-state index in [1.807, 2.05) is 0 Å². The Hall–Kier alpha value is -3.34. The Bertz CT molecular complexity index is 992. The number of benzene rings is 1. The maximum absolute atomic E-state index is 13.5. The lowest BCUT2D eigenvalue weighted by Crippen LogP contribution is -2.51. The molecule has 1 fully saturated rings. The highest BCUT2D eigenvalue weighted by atomic mass is 32.2. The Labute approximate surface area is 168 Å². The number of hydrogen-bond acceptors (Lipinski definition) is 7. The van der Waals surface area contributed by atoms with Crippen molar-refractivity contribution in [1.82, 2.24) is 4.98 Å². The van der Waals surface area contributed by atoms with Gasteiger partial charge in [0.25, 0.3) is 0 Å². The Morgan fingerprint density at radius 1 is 1.21 bits per heavy atom. The molecule has 2 N–H and O–H groups in total. The van der Waals surface area contributed by atoms with Crippen LogP contribution in [0.25, 0.3) is 0 Å². The van der Waals surface area contributed by atoms with Crippen LogP contribution in [0.3, 0.4) is 0 Å². The molecule has 3 rings (SSSR count). The smallest absolute Gasteiger partial charge is 0.336 e. The molecule has 11 heteroatoms. The van der Waals surface area contributed by atoms with E-state index >= 15 is 0 Å². The van der Waals surface area contributed by atoms with Crippen molar-refractivity contribution in [2.75, 3.05) is 22.8 Å². The summed E-state index contributed by atoms with van der Waals surface area (Å²) in [4.78, 5) is 27.5. The van der Waals surface area contributed by atoms with E-state index in [-0.39, 0.29) is 17.4 Å². The van der Waals surface area contributed by atoms with Gasteiger partial charge in [0.2, 0.25) is 5.88 Å². The van der Waals surface area contributed by atoms with E-state index in [1.165, 1.54) is 26.4 Å². The summed E-state index contributed by atoms with van der Waals surface area (Å²) in [5.74, 6) is -0.522. The molecule has 0 bridgehead atoms. The first kappa shape index (κ1) is 20.4. The highest BCUT2D eigenvalue weighted by Crippen LogP contribution is 2.40. The average molecular weight is 420 g/mol. The number of aromatic nitrogens is 1. The minimum Gasteiger partial charge on any atom is -0.496 e. The van der Waals surface area contributed by atoms with E-state index in [2.05, 4.69) is 4.98 Å².